The molecular formula is C19H15N4. The number of H-pyrrole nitrogens is 2. The first-order chi connectivity index (χ1) is 11.4. The molecule has 0 aliphatic carbocycles. The maximum Gasteiger partial charge on any atom is 0.121 e. The van der Waals surface area contributed by atoms with Gasteiger partial charge in [0.05, 0.1) is 5.92 Å². The first-order valence-electron chi connectivity index (χ1n) is 7.47. The highest BCUT2D eigenvalue weighted by molar-refractivity contribution is 5.63. The molecular weight excluding hydrogens is 284 g/mol. The van der Waals surface area contributed by atoms with Crippen LogP contribution in [0.15, 0.2) is 73.3 Å². The molecule has 2 N–H and O–H groups in total. The van der Waals surface area contributed by atoms with E-state index in [2.05, 4.69) is 62.4 Å². The second kappa shape index (κ2) is 5.93. The standard InChI is InChI=1S/C19H15N4/c1-2-4-14(5-3-1)15-6-8-16(9-7-15)17(18-20-10-11-21-18)19-22-12-13-23-19/h2-13,17H,(H,20,21)(H,22,23). The molecule has 0 saturated carbocycles. The van der Waals surface area contributed by atoms with Crippen LogP contribution in [0.5, 0.6) is 0 Å². The molecule has 2 aromatic carbocycles. The Kier molecular flexibility index (Phi) is 3.48. The van der Waals surface area contributed by atoms with Gasteiger partial charge in [0.25, 0.3) is 0 Å². The Balaban J connectivity index is 1.73. The molecule has 0 bridgehead atoms. The predicted octanol–water partition coefficient (Wildman–Crippen LogP) is 3.78. The molecule has 4 heteroatoms. The maximum atomic E-state index is 4.41. The zero-order valence-corrected chi connectivity index (χ0v) is 12.4. The number of aromatic amines is 2. The lowest BCUT2D eigenvalue weighted by atomic mass is 9.95. The summed E-state index contributed by atoms with van der Waals surface area (Å²) in [5, 5.41) is 0. The van der Waals surface area contributed by atoms with Crippen molar-refractivity contribution in [1.82, 2.24) is 19.9 Å². The van der Waals surface area contributed by atoms with Gasteiger partial charge in [-0.3, -0.25) is 0 Å². The summed E-state index contributed by atoms with van der Waals surface area (Å²) in [5.74, 6) is 1.72. The van der Waals surface area contributed by atoms with Crippen molar-refractivity contribution in [3.63, 3.8) is 0 Å². The number of rotatable bonds is 4. The number of hydrogen-bond acceptors (Lipinski definition) is 2. The van der Waals surface area contributed by atoms with Crippen molar-refractivity contribution in [2.75, 3.05) is 0 Å². The predicted molar refractivity (Wildman–Crippen MR) is 88.8 cm³/mol. The van der Waals surface area contributed by atoms with E-state index in [1.807, 2.05) is 24.5 Å². The second-order valence-electron chi connectivity index (χ2n) is 5.29. The summed E-state index contributed by atoms with van der Waals surface area (Å²) in [7, 11) is 0. The van der Waals surface area contributed by atoms with Gasteiger partial charge in [-0.05, 0) is 22.8 Å². The van der Waals surface area contributed by atoms with E-state index in [0.717, 1.165) is 17.2 Å². The van der Waals surface area contributed by atoms with Crippen LogP contribution in [0.1, 0.15) is 23.1 Å². The SMILES string of the molecule is [c]1ccc(-c2ccc(C(c3ncc[nH]3)c3ncc[nH]3)cc2)cc1. The highest BCUT2D eigenvalue weighted by Gasteiger charge is 2.21. The fourth-order valence-electron chi connectivity index (χ4n) is 2.76. The van der Waals surface area contributed by atoms with Gasteiger partial charge >= 0.3 is 0 Å². The van der Waals surface area contributed by atoms with E-state index in [-0.39, 0.29) is 5.92 Å². The summed E-state index contributed by atoms with van der Waals surface area (Å²) in [6.45, 7) is 0. The number of benzene rings is 2. The molecule has 0 saturated heterocycles. The Morgan fingerprint density at radius 3 is 1.83 bits per heavy atom. The maximum absolute atomic E-state index is 4.41. The van der Waals surface area contributed by atoms with Gasteiger partial charge in [-0.15, -0.1) is 0 Å². The lowest BCUT2D eigenvalue weighted by molar-refractivity contribution is 0.822. The van der Waals surface area contributed by atoms with Crippen LogP contribution in [-0.4, -0.2) is 19.9 Å². The number of imidazole rings is 2. The van der Waals surface area contributed by atoms with Crippen LogP contribution >= 0.6 is 0 Å². The van der Waals surface area contributed by atoms with Gasteiger partial charge in [0, 0.05) is 24.8 Å². The summed E-state index contributed by atoms with van der Waals surface area (Å²) in [5.41, 5.74) is 3.50. The van der Waals surface area contributed by atoms with Crippen molar-refractivity contribution < 1.29 is 0 Å². The third kappa shape index (κ3) is 2.66. The average molecular weight is 299 g/mol. The van der Waals surface area contributed by atoms with E-state index in [1.54, 1.807) is 12.4 Å². The van der Waals surface area contributed by atoms with Crippen molar-refractivity contribution in [3.05, 3.63) is 96.6 Å². The van der Waals surface area contributed by atoms with Gasteiger partial charge in [0.1, 0.15) is 11.6 Å². The van der Waals surface area contributed by atoms with Crippen LogP contribution < -0.4 is 0 Å². The van der Waals surface area contributed by atoms with E-state index >= 15 is 0 Å². The number of nitrogens with zero attached hydrogens (tertiary/aromatic N) is 2. The number of aromatic nitrogens is 4. The molecule has 1 radical (unpaired) electrons. The largest absolute Gasteiger partial charge is 0.348 e. The highest BCUT2D eigenvalue weighted by atomic mass is 15.0. The molecule has 0 unspecified atom stereocenters. The van der Waals surface area contributed by atoms with E-state index in [0.29, 0.717) is 0 Å². The van der Waals surface area contributed by atoms with Crippen LogP contribution in [0.25, 0.3) is 11.1 Å². The first-order valence-corrected chi connectivity index (χ1v) is 7.47. The van der Waals surface area contributed by atoms with Crippen molar-refractivity contribution in [1.29, 1.82) is 0 Å². The van der Waals surface area contributed by atoms with Gasteiger partial charge < -0.3 is 9.97 Å². The highest BCUT2D eigenvalue weighted by Crippen LogP contribution is 2.29. The molecule has 111 valence electrons. The zero-order chi connectivity index (χ0) is 15.5. The third-order valence-corrected chi connectivity index (χ3v) is 3.88. The van der Waals surface area contributed by atoms with Crippen molar-refractivity contribution >= 4 is 0 Å². The van der Waals surface area contributed by atoms with Crippen molar-refractivity contribution in [2.45, 2.75) is 5.92 Å². The lowest BCUT2D eigenvalue weighted by Crippen LogP contribution is -2.07. The fourth-order valence-corrected chi connectivity index (χ4v) is 2.76. The normalized spacial score (nSPS) is 11.0. The average Bonchev–Trinajstić information content (AvgIpc) is 3.31. The Bertz CT molecular complexity index is 813. The molecule has 0 spiro atoms. The third-order valence-electron chi connectivity index (χ3n) is 3.88. The van der Waals surface area contributed by atoms with Gasteiger partial charge in [-0.2, -0.15) is 0 Å². The van der Waals surface area contributed by atoms with Crippen LogP contribution in [-0.2, 0) is 0 Å². The summed E-state index contributed by atoms with van der Waals surface area (Å²) in [6.07, 6.45) is 7.19. The number of nitrogens with one attached hydrogen (secondary N) is 2. The van der Waals surface area contributed by atoms with Gasteiger partial charge in [0.2, 0.25) is 0 Å². The lowest BCUT2D eigenvalue weighted by Gasteiger charge is -2.13. The minimum absolute atomic E-state index is 0.0295. The van der Waals surface area contributed by atoms with Crippen LogP contribution in [0.2, 0.25) is 0 Å². The summed E-state index contributed by atoms with van der Waals surface area (Å²) in [4.78, 5) is 15.2. The Labute approximate surface area is 134 Å². The first kappa shape index (κ1) is 13.5. The Morgan fingerprint density at radius 1 is 0.739 bits per heavy atom. The minimum atomic E-state index is -0.0295. The molecule has 0 amide bonds. The number of hydrogen-bond donors (Lipinski definition) is 2. The molecule has 23 heavy (non-hydrogen) atoms. The molecule has 2 heterocycles. The summed E-state index contributed by atoms with van der Waals surface area (Å²) in [6, 6.07) is 19.5. The van der Waals surface area contributed by atoms with Gasteiger partial charge in [0.15, 0.2) is 0 Å². The molecule has 2 aromatic heterocycles. The summed E-state index contributed by atoms with van der Waals surface area (Å²) >= 11 is 0. The molecule has 0 aliphatic heterocycles. The van der Waals surface area contributed by atoms with E-state index in [1.165, 1.54) is 11.1 Å². The zero-order valence-electron chi connectivity index (χ0n) is 12.4. The fraction of sp³-hybridized carbons (Fsp3) is 0.0526. The molecule has 0 aliphatic rings. The Morgan fingerprint density at radius 2 is 1.30 bits per heavy atom. The quantitative estimate of drug-likeness (QED) is 0.602. The monoisotopic (exact) mass is 299 g/mol. The van der Waals surface area contributed by atoms with Crippen LogP contribution in [0.3, 0.4) is 0 Å². The molecule has 4 nitrogen and oxygen atoms in total. The van der Waals surface area contributed by atoms with Crippen molar-refractivity contribution in [2.24, 2.45) is 0 Å². The summed E-state index contributed by atoms with van der Waals surface area (Å²) < 4.78 is 0. The molecule has 4 aromatic rings. The molecule has 0 fully saturated rings. The van der Waals surface area contributed by atoms with Crippen LogP contribution in [0.4, 0.5) is 0 Å². The van der Waals surface area contributed by atoms with E-state index < -0.39 is 0 Å². The second-order valence-corrected chi connectivity index (χ2v) is 5.29. The Hall–Kier alpha value is -3.14. The minimum Gasteiger partial charge on any atom is -0.348 e. The molecule has 0 atom stereocenters. The van der Waals surface area contributed by atoms with E-state index in [9.17, 15) is 0 Å². The smallest absolute Gasteiger partial charge is 0.121 e. The topological polar surface area (TPSA) is 57.4 Å². The van der Waals surface area contributed by atoms with Gasteiger partial charge in [-0.1, -0.05) is 48.5 Å². The van der Waals surface area contributed by atoms with Gasteiger partial charge in [-0.25, -0.2) is 9.97 Å². The molecule has 4 rings (SSSR count). The van der Waals surface area contributed by atoms with Crippen molar-refractivity contribution in [3.8, 4) is 11.1 Å². The van der Waals surface area contributed by atoms with E-state index in [4.69, 9.17) is 0 Å². The van der Waals surface area contributed by atoms with Crippen LogP contribution in [0, 0.1) is 6.07 Å².